The maximum absolute atomic E-state index is 13.9. The Kier molecular flexibility index (Phi) is 7.76. The predicted molar refractivity (Wildman–Crippen MR) is 110 cm³/mol. The van der Waals surface area contributed by atoms with Crippen LogP contribution in [0.3, 0.4) is 0 Å². The molecule has 2 aromatic rings. The van der Waals surface area contributed by atoms with Crippen LogP contribution in [0.25, 0.3) is 0 Å². The van der Waals surface area contributed by atoms with E-state index in [0.717, 1.165) is 19.1 Å². The van der Waals surface area contributed by atoms with Crippen LogP contribution in [-0.2, 0) is 21.6 Å². The number of halogens is 6. The molecule has 0 N–H and O–H groups in total. The molecule has 0 aliphatic heterocycles. The van der Waals surface area contributed by atoms with E-state index < -0.39 is 35.3 Å². The molecule has 6 nitrogen and oxygen atoms in total. The van der Waals surface area contributed by atoms with Crippen LogP contribution in [0, 0.1) is 12.8 Å². The number of methoxy groups -OCH3 is 1. The van der Waals surface area contributed by atoms with Crippen LogP contribution in [-0.4, -0.2) is 41.2 Å². The van der Waals surface area contributed by atoms with Crippen molar-refractivity contribution in [3.8, 4) is 0 Å². The van der Waals surface area contributed by atoms with Crippen molar-refractivity contribution >= 4 is 17.5 Å². The summed E-state index contributed by atoms with van der Waals surface area (Å²) in [6.45, 7) is 5.70. The van der Waals surface area contributed by atoms with Gasteiger partial charge in [0.15, 0.2) is 0 Å². The molecule has 2 rings (SSSR count). The molecule has 0 spiro atoms. The lowest BCUT2D eigenvalue weighted by Gasteiger charge is -2.38. The first-order valence-corrected chi connectivity index (χ1v) is 10.0. The lowest BCUT2D eigenvalue weighted by Crippen LogP contribution is -2.56. The van der Waals surface area contributed by atoms with Crippen molar-refractivity contribution in [2.24, 2.45) is 5.92 Å². The number of aromatic nitrogens is 2. The third-order valence-electron chi connectivity index (χ3n) is 5.06. The minimum absolute atomic E-state index is 0.185. The second kappa shape index (κ2) is 9.69. The minimum atomic E-state index is -5.85. The SMILES string of the molecule is COC(c1ccc(N(C(C)=O)C(=O)c2nccnc2C)cc1CC(C)C)(C(F)(F)F)C(F)(F)F. The largest absolute Gasteiger partial charge is 0.430 e. The van der Waals surface area contributed by atoms with Crippen molar-refractivity contribution in [3.63, 3.8) is 0 Å². The Hall–Kier alpha value is -3.02. The van der Waals surface area contributed by atoms with Crippen molar-refractivity contribution in [1.82, 2.24) is 9.97 Å². The summed E-state index contributed by atoms with van der Waals surface area (Å²) in [5.41, 5.74) is -6.36. The molecule has 0 atom stereocenters. The van der Waals surface area contributed by atoms with E-state index in [1.807, 2.05) is 0 Å². The van der Waals surface area contributed by atoms with E-state index >= 15 is 0 Å². The number of hydrogen-bond donors (Lipinski definition) is 0. The Morgan fingerprint density at radius 3 is 2.03 bits per heavy atom. The molecular formula is C22H23F6N3O3. The molecule has 1 aromatic carbocycles. The van der Waals surface area contributed by atoms with Gasteiger partial charge >= 0.3 is 12.4 Å². The number of carbonyl (C=O) groups is 2. The fourth-order valence-electron chi connectivity index (χ4n) is 3.64. The first-order chi connectivity index (χ1) is 15.6. The van der Waals surface area contributed by atoms with Gasteiger partial charge in [-0.05, 0) is 37.0 Å². The van der Waals surface area contributed by atoms with E-state index in [1.165, 1.54) is 19.3 Å². The Bertz CT molecular complexity index is 1050. The summed E-state index contributed by atoms with van der Waals surface area (Å²) in [6, 6.07) is 2.39. The number of benzene rings is 1. The van der Waals surface area contributed by atoms with Gasteiger partial charge in [0.25, 0.3) is 11.5 Å². The number of amides is 2. The van der Waals surface area contributed by atoms with Crippen molar-refractivity contribution in [3.05, 3.63) is 53.1 Å². The van der Waals surface area contributed by atoms with Crippen LogP contribution in [0.1, 0.15) is 48.1 Å². The van der Waals surface area contributed by atoms with Crippen LogP contribution in [0.15, 0.2) is 30.6 Å². The molecular weight excluding hydrogens is 468 g/mol. The molecule has 12 heteroatoms. The molecule has 0 fully saturated rings. The van der Waals surface area contributed by atoms with Gasteiger partial charge < -0.3 is 4.74 Å². The Morgan fingerprint density at radius 2 is 1.59 bits per heavy atom. The third-order valence-corrected chi connectivity index (χ3v) is 5.06. The first-order valence-electron chi connectivity index (χ1n) is 10.0. The number of imide groups is 1. The minimum Gasteiger partial charge on any atom is -0.357 e. The Morgan fingerprint density at radius 1 is 1.03 bits per heavy atom. The highest BCUT2D eigenvalue weighted by Crippen LogP contribution is 2.54. The van der Waals surface area contributed by atoms with E-state index in [0.29, 0.717) is 18.1 Å². The van der Waals surface area contributed by atoms with Crippen molar-refractivity contribution < 1.29 is 40.7 Å². The first kappa shape index (κ1) is 27.2. The van der Waals surface area contributed by atoms with E-state index in [2.05, 4.69) is 14.7 Å². The van der Waals surface area contributed by atoms with E-state index in [1.54, 1.807) is 13.8 Å². The molecule has 0 aliphatic carbocycles. The molecule has 0 aliphatic rings. The summed E-state index contributed by atoms with van der Waals surface area (Å²) in [7, 11) is 0.330. The van der Waals surface area contributed by atoms with Gasteiger partial charge in [-0.2, -0.15) is 26.3 Å². The molecule has 0 radical (unpaired) electrons. The van der Waals surface area contributed by atoms with E-state index in [9.17, 15) is 35.9 Å². The standard InChI is InChI=1S/C22H23F6N3O3/c1-12(2)10-15-11-16(31(14(4)32)19(33)18-13(3)29-8-9-30-18)6-7-17(15)20(34-5,21(23,24)25)22(26,27)28/h6-9,11-12H,10H2,1-5H3. The fraction of sp³-hybridized carbons (Fsp3) is 0.455. The number of rotatable bonds is 6. The van der Waals surface area contributed by atoms with Crippen LogP contribution < -0.4 is 4.90 Å². The maximum Gasteiger partial charge on any atom is 0.430 e. The molecule has 2 amide bonds. The summed E-state index contributed by atoms with van der Waals surface area (Å²) in [4.78, 5) is 33.8. The zero-order valence-corrected chi connectivity index (χ0v) is 19.0. The summed E-state index contributed by atoms with van der Waals surface area (Å²) < 4.78 is 87.4. The monoisotopic (exact) mass is 491 g/mol. The number of anilines is 1. The van der Waals surface area contributed by atoms with Gasteiger partial charge in [0.1, 0.15) is 5.69 Å². The highest BCUT2D eigenvalue weighted by Gasteiger charge is 2.73. The zero-order valence-electron chi connectivity index (χ0n) is 19.0. The van der Waals surface area contributed by atoms with Crippen LogP contribution in [0.5, 0.6) is 0 Å². The fourth-order valence-corrected chi connectivity index (χ4v) is 3.64. The van der Waals surface area contributed by atoms with Gasteiger partial charge in [-0.25, -0.2) is 9.88 Å². The second-order valence-electron chi connectivity index (χ2n) is 7.97. The van der Waals surface area contributed by atoms with Crippen LogP contribution >= 0.6 is 0 Å². The molecule has 0 saturated carbocycles. The number of nitrogens with zero attached hydrogens (tertiary/aromatic N) is 3. The summed E-state index contributed by atoms with van der Waals surface area (Å²) in [5, 5.41) is 0. The average molecular weight is 491 g/mol. The number of carbonyl (C=O) groups excluding carboxylic acids is 2. The summed E-state index contributed by atoms with van der Waals surface area (Å²) in [6.07, 6.45) is -9.38. The van der Waals surface area contributed by atoms with Gasteiger partial charge in [-0.3, -0.25) is 14.6 Å². The number of aryl methyl sites for hydroxylation is 1. The third kappa shape index (κ3) is 4.91. The molecule has 0 bridgehead atoms. The topological polar surface area (TPSA) is 72.4 Å². The molecule has 1 heterocycles. The van der Waals surface area contributed by atoms with Gasteiger partial charge in [0.2, 0.25) is 5.91 Å². The maximum atomic E-state index is 13.9. The van der Waals surface area contributed by atoms with Crippen LogP contribution in [0.4, 0.5) is 32.0 Å². The van der Waals surface area contributed by atoms with E-state index in [-0.39, 0.29) is 35.0 Å². The number of hydrogen-bond acceptors (Lipinski definition) is 5. The number of ether oxygens (including phenoxy) is 1. The van der Waals surface area contributed by atoms with Gasteiger partial charge in [0.05, 0.1) is 11.4 Å². The lowest BCUT2D eigenvalue weighted by atomic mass is 9.84. The van der Waals surface area contributed by atoms with E-state index in [4.69, 9.17) is 0 Å². The average Bonchev–Trinajstić information content (AvgIpc) is 2.67. The molecule has 1 aromatic heterocycles. The van der Waals surface area contributed by atoms with Crippen molar-refractivity contribution in [2.45, 2.75) is 52.1 Å². The van der Waals surface area contributed by atoms with Crippen molar-refractivity contribution in [1.29, 1.82) is 0 Å². The Balaban J connectivity index is 2.80. The quantitative estimate of drug-likeness (QED) is 0.523. The molecule has 34 heavy (non-hydrogen) atoms. The van der Waals surface area contributed by atoms with Crippen molar-refractivity contribution in [2.75, 3.05) is 12.0 Å². The highest BCUT2D eigenvalue weighted by molar-refractivity contribution is 6.20. The smallest absolute Gasteiger partial charge is 0.357 e. The Labute approximate surface area is 191 Å². The summed E-state index contributed by atoms with van der Waals surface area (Å²) in [5.74, 6) is -2.11. The normalized spacial score (nSPS) is 12.7. The summed E-state index contributed by atoms with van der Waals surface area (Å²) >= 11 is 0. The van der Waals surface area contributed by atoms with Crippen LogP contribution in [0.2, 0.25) is 0 Å². The highest BCUT2D eigenvalue weighted by atomic mass is 19.4. The number of alkyl halides is 6. The van der Waals surface area contributed by atoms with Gasteiger partial charge in [-0.15, -0.1) is 0 Å². The zero-order chi connectivity index (χ0) is 26.1. The lowest BCUT2D eigenvalue weighted by molar-refractivity contribution is -0.383. The predicted octanol–water partition coefficient (Wildman–Crippen LogP) is 5.14. The molecule has 0 unspecified atom stereocenters. The second-order valence-corrected chi connectivity index (χ2v) is 7.97. The molecule has 0 saturated heterocycles. The molecule has 186 valence electrons. The van der Waals surface area contributed by atoms with Gasteiger partial charge in [-0.1, -0.05) is 19.9 Å². The van der Waals surface area contributed by atoms with Gasteiger partial charge in [0, 0.05) is 32.0 Å².